The molecule has 148 valence electrons. The Balaban J connectivity index is 1.50. The van der Waals surface area contributed by atoms with Gasteiger partial charge in [-0.05, 0) is 61.4 Å². The highest BCUT2D eigenvalue weighted by atomic mass is 19.1. The first-order chi connectivity index (χ1) is 13.4. The first-order valence-electron chi connectivity index (χ1n) is 9.25. The predicted molar refractivity (Wildman–Crippen MR) is 105 cm³/mol. The van der Waals surface area contributed by atoms with E-state index in [1.165, 1.54) is 12.1 Å². The number of anilines is 1. The number of halogens is 1. The summed E-state index contributed by atoms with van der Waals surface area (Å²) in [7, 11) is 0. The van der Waals surface area contributed by atoms with Gasteiger partial charge in [0.1, 0.15) is 5.82 Å². The van der Waals surface area contributed by atoms with E-state index in [9.17, 15) is 14.0 Å². The second-order valence-electron chi connectivity index (χ2n) is 6.95. The predicted octanol–water partition coefficient (Wildman–Crippen LogP) is 3.53. The quantitative estimate of drug-likeness (QED) is 0.748. The number of ether oxygens (including phenoxy) is 1. The number of rotatable bonds is 6. The SMILES string of the molecule is CC(C)OCCNC(=O)c1ccc(NC(=O)N2Cc3ccc(F)cc3C2)cc1. The van der Waals surface area contributed by atoms with Gasteiger partial charge in [0.25, 0.3) is 5.91 Å². The van der Waals surface area contributed by atoms with Gasteiger partial charge >= 0.3 is 6.03 Å². The summed E-state index contributed by atoms with van der Waals surface area (Å²) >= 11 is 0. The van der Waals surface area contributed by atoms with Gasteiger partial charge in [0.05, 0.1) is 12.7 Å². The second kappa shape index (κ2) is 8.84. The van der Waals surface area contributed by atoms with Crippen LogP contribution in [0.4, 0.5) is 14.9 Å². The molecule has 0 unspecified atom stereocenters. The van der Waals surface area contributed by atoms with Gasteiger partial charge in [-0.15, -0.1) is 0 Å². The number of amides is 3. The number of urea groups is 1. The van der Waals surface area contributed by atoms with Crippen molar-refractivity contribution in [1.29, 1.82) is 0 Å². The van der Waals surface area contributed by atoms with Crippen LogP contribution in [0.2, 0.25) is 0 Å². The van der Waals surface area contributed by atoms with Crippen LogP contribution in [0.15, 0.2) is 42.5 Å². The highest BCUT2D eigenvalue weighted by Gasteiger charge is 2.23. The Labute approximate surface area is 163 Å². The Hall–Kier alpha value is -2.93. The molecule has 0 radical (unpaired) electrons. The molecule has 3 amide bonds. The summed E-state index contributed by atoms with van der Waals surface area (Å²) in [5.74, 6) is -0.493. The molecule has 2 aromatic carbocycles. The normalized spacial score (nSPS) is 12.8. The Morgan fingerprint density at radius 3 is 2.54 bits per heavy atom. The van der Waals surface area contributed by atoms with Gasteiger partial charge in [0.2, 0.25) is 0 Å². The van der Waals surface area contributed by atoms with E-state index in [0.29, 0.717) is 37.5 Å². The van der Waals surface area contributed by atoms with Gasteiger partial charge < -0.3 is 20.3 Å². The zero-order chi connectivity index (χ0) is 20.1. The van der Waals surface area contributed by atoms with Crippen molar-refractivity contribution in [2.75, 3.05) is 18.5 Å². The van der Waals surface area contributed by atoms with Crippen LogP contribution >= 0.6 is 0 Å². The van der Waals surface area contributed by atoms with Crippen LogP contribution < -0.4 is 10.6 Å². The van der Waals surface area contributed by atoms with Gasteiger partial charge in [0, 0.05) is 30.9 Å². The second-order valence-corrected chi connectivity index (χ2v) is 6.95. The molecule has 28 heavy (non-hydrogen) atoms. The highest BCUT2D eigenvalue weighted by molar-refractivity contribution is 5.95. The minimum absolute atomic E-state index is 0.127. The van der Waals surface area contributed by atoms with E-state index in [1.54, 1.807) is 35.2 Å². The summed E-state index contributed by atoms with van der Waals surface area (Å²) in [4.78, 5) is 26.1. The van der Waals surface area contributed by atoms with E-state index in [4.69, 9.17) is 4.74 Å². The van der Waals surface area contributed by atoms with Gasteiger partial charge in [-0.3, -0.25) is 4.79 Å². The minimum Gasteiger partial charge on any atom is -0.377 e. The van der Waals surface area contributed by atoms with Gasteiger partial charge in [-0.25, -0.2) is 9.18 Å². The molecule has 0 fully saturated rings. The van der Waals surface area contributed by atoms with Crippen molar-refractivity contribution in [2.24, 2.45) is 0 Å². The zero-order valence-corrected chi connectivity index (χ0v) is 16.0. The summed E-state index contributed by atoms with van der Waals surface area (Å²) in [5.41, 5.74) is 2.87. The average molecular weight is 385 g/mol. The van der Waals surface area contributed by atoms with Crippen molar-refractivity contribution >= 4 is 17.6 Å². The van der Waals surface area contributed by atoms with E-state index < -0.39 is 0 Å². The number of nitrogens with zero attached hydrogens (tertiary/aromatic N) is 1. The lowest BCUT2D eigenvalue weighted by molar-refractivity contribution is 0.0746. The molecule has 0 atom stereocenters. The van der Waals surface area contributed by atoms with E-state index in [0.717, 1.165) is 11.1 Å². The number of carbonyl (C=O) groups is 2. The van der Waals surface area contributed by atoms with Crippen molar-refractivity contribution in [3.05, 3.63) is 65.0 Å². The molecule has 0 aromatic heterocycles. The first-order valence-corrected chi connectivity index (χ1v) is 9.25. The lowest BCUT2D eigenvalue weighted by Gasteiger charge is -2.16. The van der Waals surface area contributed by atoms with E-state index >= 15 is 0 Å². The molecule has 7 heteroatoms. The van der Waals surface area contributed by atoms with E-state index in [2.05, 4.69) is 10.6 Å². The molecule has 2 aromatic rings. The fourth-order valence-corrected chi connectivity index (χ4v) is 2.98. The fraction of sp³-hybridized carbons (Fsp3) is 0.333. The zero-order valence-electron chi connectivity index (χ0n) is 16.0. The fourth-order valence-electron chi connectivity index (χ4n) is 2.98. The molecule has 0 spiro atoms. The Morgan fingerprint density at radius 1 is 1.11 bits per heavy atom. The largest absolute Gasteiger partial charge is 0.377 e. The molecule has 0 aliphatic carbocycles. The molecular weight excluding hydrogens is 361 g/mol. The third-order valence-corrected chi connectivity index (χ3v) is 4.42. The van der Waals surface area contributed by atoms with Crippen molar-refractivity contribution in [3.63, 3.8) is 0 Å². The van der Waals surface area contributed by atoms with Crippen LogP contribution in [-0.4, -0.2) is 36.1 Å². The van der Waals surface area contributed by atoms with Crippen LogP contribution in [0.1, 0.15) is 35.3 Å². The minimum atomic E-state index is -0.300. The monoisotopic (exact) mass is 385 g/mol. The summed E-state index contributed by atoms with van der Waals surface area (Å²) in [5, 5.41) is 5.59. The van der Waals surface area contributed by atoms with E-state index in [1.807, 2.05) is 13.8 Å². The molecule has 0 saturated carbocycles. The maximum absolute atomic E-state index is 13.3. The topological polar surface area (TPSA) is 70.7 Å². The average Bonchev–Trinajstić information content (AvgIpc) is 3.09. The van der Waals surface area contributed by atoms with Crippen LogP contribution in [0.5, 0.6) is 0 Å². The molecule has 0 saturated heterocycles. The lowest BCUT2D eigenvalue weighted by Crippen LogP contribution is -2.30. The van der Waals surface area contributed by atoms with Crippen molar-refractivity contribution < 1.29 is 18.7 Å². The maximum Gasteiger partial charge on any atom is 0.322 e. The third kappa shape index (κ3) is 5.07. The van der Waals surface area contributed by atoms with Crippen LogP contribution in [-0.2, 0) is 17.8 Å². The Kier molecular flexibility index (Phi) is 6.26. The number of benzene rings is 2. The summed E-state index contributed by atoms with van der Waals surface area (Å²) in [6.45, 7) is 5.59. The Bertz CT molecular complexity index is 852. The number of hydrogen-bond donors (Lipinski definition) is 2. The van der Waals surface area contributed by atoms with Crippen molar-refractivity contribution in [2.45, 2.75) is 33.0 Å². The van der Waals surface area contributed by atoms with Crippen molar-refractivity contribution in [1.82, 2.24) is 10.2 Å². The molecule has 1 heterocycles. The number of hydrogen-bond acceptors (Lipinski definition) is 3. The molecule has 6 nitrogen and oxygen atoms in total. The molecular formula is C21H24FN3O3. The molecule has 0 bridgehead atoms. The first kappa shape index (κ1) is 19.8. The maximum atomic E-state index is 13.3. The van der Waals surface area contributed by atoms with E-state index in [-0.39, 0.29) is 23.9 Å². The van der Waals surface area contributed by atoms with Gasteiger partial charge in [-0.1, -0.05) is 6.07 Å². The van der Waals surface area contributed by atoms with Crippen molar-refractivity contribution in [3.8, 4) is 0 Å². The van der Waals surface area contributed by atoms with Gasteiger partial charge in [0.15, 0.2) is 0 Å². The smallest absolute Gasteiger partial charge is 0.322 e. The summed E-state index contributed by atoms with van der Waals surface area (Å²) in [6.07, 6.45) is 0.127. The molecule has 1 aliphatic heterocycles. The number of fused-ring (bicyclic) bond motifs is 1. The summed E-state index contributed by atoms with van der Waals surface area (Å²) in [6, 6.07) is 11.0. The number of carbonyl (C=O) groups excluding carboxylic acids is 2. The van der Waals surface area contributed by atoms with Crippen LogP contribution in [0, 0.1) is 5.82 Å². The highest BCUT2D eigenvalue weighted by Crippen LogP contribution is 2.24. The molecule has 2 N–H and O–H groups in total. The van der Waals surface area contributed by atoms with Gasteiger partial charge in [-0.2, -0.15) is 0 Å². The van der Waals surface area contributed by atoms with Crippen LogP contribution in [0.25, 0.3) is 0 Å². The summed E-state index contributed by atoms with van der Waals surface area (Å²) < 4.78 is 18.7. The van der Waals surface area contributed by atoms with Crippen LogP contribution in [0.3, 0.4) is 0 Å². The standard InChI is InChI=1S/C21H24FN3O3/c1-14(2)28-10-9-23-20(26)15-4-7-19(8-5-15)24-21(27)25-12-16-3-6-18(22)11-17(16)13-25/h3-8,11,14H,9-10,12-13H2,1-2H3,(H,23,26)(H,24,27). The third-order valence-electron chi connectivity index (χ3n) is 4.42. The molecule has 1 aliphatic rings. The Morgan fingerprint density at radius 2 is 1.82 bits per heavy atom. The lowest BCUT2D eigenvalue weighted by atomic mass is 10.1. The molecule has 3 rings (SSSR count). The number of nitrogens with one attached hydrogen (secondary N) is 2.